The lowest BCUT2D eigenvalue weighted by Crippen LogP contribution is -2.29. The second-order valence-corrected chi connectivity index (χ2v) is 29.6. The van der Waals surface area contributed by atoms with Crippen molar-refractivity contribution < 1.29 is 75.7 Å². The second kappa shape index (κ2) is 50.4. The third kappa shape index (κ3) is 31.0. The van der Waals surface area contributed by atoms with Crippen molar-refractivity contribution in [3.05, 3.63) is 299 Å². The van der Waals surface area contributed by atoms with Crippen LogP contribution in [0, 0.1) is 72.4 Å². The van der Waals surface area contributed by atoms with Crippen LogP contribution in [0.25, 0.3) is 64.6 Å². The van der Waals surface area contributed by atoms with Crippen molar-refractivity contribution in [2.24, 2.45) is 0 Å². The quantitative estimate of drug-likeness (QED) is 0.0143. The van der Waals surface area contributed by atoms with Gasteiger partial charge in [-0.25, -0.2) is 0 Å². The second-order valence-electron chi connectivity index (χ2n) is 27.7. The van der Waals surface area contributed by atoms with E-state index in [9.17, 15) is 19.9 Å². The number of halogens is 2. The molecule has 0 aliphatic rings. The number of phenols is 3. The molecular weight excluding hydrogens is 1620 g/mol. The first-order valence-corrected chi connectivity index (χ1v) is 41.5. The standard InChI is InChI=1S/C29H32O3.C22H20O2.C17H15BO3.C17H13BrO.C10H7BrO.C10H8O2.12H2/c1-4-7-10-13-16-27(30)29-26-19-18-25(31-21-14-11-8-5-2)23-24(26)17-20-28(29)32-22-15-12-9-6-3;1-3-5-7-9-15-23-21-13-11-20-18-22(14-12-19(20)17-21)24-16-10-8-6-4-2;19-18(20)16-8-6-15-11-17(9-7-14(15)10-16)21-12-13-4-2-1-3-5-13;18-16-8-6-15-11-17(9-7-14(15)10-16)19-12-13-4-2-1-3-5-13;11-9-3-1-8-6-10(12)4-2-7(8)5-9;11-9-3-1-7-5-10(12)4-2-8(7)6-9;;;;;;;;;;;;/h2,17-20,23H,4,6-7,9-10,12-13,15-16,22H2,1,3H3;1,11-14,17-18H,4,6,8,10,16H2,2H3;1-11,19-20H,12H2;1-11H,12H2;1-6,12H;1-6,11-12H;12*1H. The van der Waals surface area contributed by atoms with Crippen LogP contribution in [-0.2, 0) is 13.2 Å². The molecule has 0 atom stereocenters. The van der Waals surface area contributed by atoms with Crippen molar-refractivity contribution in [3.63, 3.8) is 0 Å². The van der Waals surface area contributed by atoms with Gasteiger partial charge in [0.2, 0.25) is 0 Å². The molecule has 0 unspecified atom stereocenters. The van der Waals surface area contributed by atoms with Gasteiger partial charge in [-0.1, -0.05) is 250 Å². The first-order valence-electron chi connectivity index (χ1n) is 40.0. The van der Waals surface area contributed by atoms with Gasteiger partial charge in [0.1, 0.15) is 77.2 Å². The zero-order valence-corrected chi connectivity index (χ0v) is 70.8. The van der Waals surface area contributed by atoms with Crippen LogP contribution in [0.15, 0.2) is 282 Å². The average molecular weight is 1740 g/mol. The van der Waals surface area contributed by atoms with Crippen molar-refractivity contribution in [2.75, 3.05) is 13.2 Å². The van der Waals surface area contributed by atoms with Gasteiger partial charge in [0, 0.05) is 56.2 Å². The molecule has 12 nitrogen and oxygen atoms in total. The highest BCUT2D eigenvalue weighted by Crippen LogP contribution is 2.34. The maximum atomic E-state index is 13.2. The van der Waals surface area contributed by atoms with E-state index in [1.54, 1.807) is 60.7 Å². The summed E-state index contributed by atoms with van der Waals surface area (Å²) in [6.45, 7) is 9.08. The minimum absolute atomic E-state index is 0. The largest absolute Gasteiger partial charge is 0.508 e. The molecule has 0 aliphatic heterocycles. The van der Waals surface area contributed by atoms with E-state index >= 15 is 0 Å². The number of fused-ring (bicyclic) bond motifs is 6. The zero-order valence-electron chi connectivity index (χ0n) is 67.6. The summed E-state index contributed by atoms with van der Waals surface area (Å²) in [5.41, 5.74) is 3.46. The Morgan fingerprint density at radius 2 is 0.725 bits per heavy atom. The summed E-state index contributed by atoms with van der Waals surface area (Å²) in [5, 5.41) is 58.2. The third-order valence-corrected chi connectivity index (χ3v) is 19.6. The Morgan fingerprint density at radius 1 is 0.358 bits per heavy atom. The Balaban J connectivity index is -0.000000750. The molecule has 15 heteroatoms. The first kappa shape index (κ1) is 90.7. The molecule has 0 aliphatic carbocycles. The van der Waals surface area contributed by atoms with Crippen molar-refractivity contribution in [3.8, 4) is 124 Å². The van der Waals surface area contributed by atoms with Crippen molar-refractivity contribution in [2.45, 2.75) is 117 Å². The Kier molecular flexibility index (Phi) is 38.1. The zero-order chi connectivity index (χ0) is 84.9. The van der Waals surface area contributed by atoms with Crippen LogP contribution < -0.4 is 33.9 Å². The molecule has 0 bridgehead atoms. The van der Waals surface area contributed by atoms with E-state index in [0.29, 0.717) is 60.3 Å². The summed E-state index contributed by atoms with van der Waals surface area (Å²) < 4.78 is 36.4. The van der Waals surface area contributed by atoms with E-state index in [2.05, 4.69) is 149 Å². The lowest BCUT2D eigenvalue weighted by molar-refractivity contribution is 0.0976. The minimum Gasteiger partial charge on any atom is -0.508 e. The number of hydrogen-bond donors (Lipinski definition) is 5. The van der Waals surface area contributed by atoms with Gasteiger partial charge >= 0.3 is 7.12 Å². The van der Waals surface area contributed by atoms with Gasteiger partial charge < -0.3 is 53.8 Å². The number of phenolic OH excluding ortho intramolecular Hbond substituents is 3. The molecule has 14 aromatic carbocycles. The lowest BCUT2D eigenvalue weighted by Gasteiger charge is -2.14. The van der Waals surface area contributed by atoms with E-state index in [-0.39, 0.29) is 34.4 Å². The maximum absolute atomic E-state index is 13.2. The van der Waals surface area contributed by atoms with Gasteiger partial charge in [-0.2, -0.15) is 0 Å². The van der Waals surface area contributed by atoms with Gasteiger partial charge in [-0.05, 0) is 258 Å². The summed E-state index contributed by atoms with van der Waals surface area (Å²) >= 11 is 6.87. The van der Waals surface area contributed by atoms with Crippen LogP contribution in [0.1, 0.15) is 143 Å². The van der Waals surface area contributed by atoms with Gasteiger partial charge in [0.05, 0.1) is 18.8 Å². The molecule has 0 spiro atoms. The van der Waals surface area contributed by atoms with E-state index in [1.165, 1.54) is 48.4 Å². The number of ether oxygens (including phenoxy) is 6. The predicted octanol–water partition coefficient (Wildman–Crippen LogP) is 27.5. The van der Waals surface area contributed by atoms with Crippen molar-refractivity contribution >= 4 is 115 Å². The first-order chi connectivity index (χ1) is 58.6. The molecule has 0 fully saturated rings. The average Bonchev–Trinajstić information content (AvgIpc) is 0.780. The van der Waals surface area contributed by atoms with Crippen LogP contribution >= 0.6 is 31.9 Å². The van der Waals surface area contributed by atoms with Crippen LogP contribution in [0.5, 0.6) is 51.7 Å². The fourth-order valence-corrected chi connectivity index (χ4v) is 13.2. The molecule has 14 aromatic rings. The molecule has 0 saturated heterocycles. The maximum Gasteiger partial charge on any atom is 0.488 e. The molecule has 0 aromatic heterocycles. The van der Waals surface area contributed by atoms with Crippen LogP contribution in [-0.4, -0.2) is 51.5 Å². The number of benzene rings is 14. The molecular formula is C105H119BBr2O12. The predicted molar refractivity (Wildman–Crippen MR) is 523 cm³/mol. The number of hydrogen-bond acceptors (Lipinski definition) is 12. The summed E-state index contributed by atoms with van der Waals surface area (Å²) in [7, 11) is -1.44. The molecule has 120 heavy (non-hydrogen) atoms. The van der Waals surface area contributed by atoms with E-state index < -0.39 is 7.12 Å². The Labute approximate surface area is 739 Å². The van der Waals surface area contributed by atoms with E-state index in [0.717, 1.165) is 137 Å². The fraction of sp³-hybridized carbons (Fsp3) is 0.190. The van der Waals surface area contributed by atoms with Crippen molar-refractivity contribution in [1.29, 1.82) is 0 Å². The summed E-state index contributed by atoms with van der Waals surface area (Å²) in [4.78, 5) is 13.2. The highest BCUT2D eigenvalue weighted by molar-refractivity contribution is 9.10. The third-order valence-electron chi connectivity index (χ3n) is 18.6. The minimum atomic E-state index is -1.44. The van der Waals surface area contributed by atoms with Crippen LogP contribution in [0.2, 0.25) is 0 Å². The monoisotopic (exact) mass is 1740 g/mol. The fourth-order valence-electron chi connectivity index (χ4n) is 12.4. The highest BCUT2D eigenvalue weighted by atomic mass is 79.9. The Bertz CT molecular complexity index is 5940. The summed E-state index contributed by atoms with van der Waals surface area (Å²) in [5.74, 6) is 24.7. The molecule has 5 N–H and O–H groups in total. The molecule has 0 amide bonds. The molecule has 628 valence electrons. The number of carbonyl (C=O) groups is 1. The van der Waals surface area contributed by atoms with Crippen molar-refractivity contribution in [1.82, 2.24) is 0 Å². The summed E-state index contributed by atoms with van der Waals surface area (Å²) in [6.07, 6.45) is 29.2. The number of ketones is 1. The van der Waals surface area contributed by atoms with Gasteiger partial charge in [-0.15, -0.1) is 12.8 Å². The normalized spacial score (nSPS) is 10.0. The van der Waals surface area contributed by atoms with Gasteiger partial charge in [-0.3, -0.25) is 4.79 Å². The topological polar surface area (TPSA) is 174 Å². The smallest absolute Gasteiger partial charge is 0.488 e. The molecule has 0 saturated carbocycles. The number of unbranched alkanes of at least 4 members (excludes halogenated alkanes) is 9. The van der Waals surface area contributed by atoms with E-state index in [4.69, 9.17) is 51.5 Å². The number of terminal acetylenes is 2. The Morgan fingerprint density at radius 3 is 1.18 bits per heavy atom. The molecule has 14 rings (SSSR count). The summed E-state index contributed by atoms with van der Waals surface area (Å²) in [6, 6.07) is 86.3. The van der Waals surface area contributed by atoms with E-state index in [1.807, 2.05) is 176 Å². The number of Topliss-reactive ketones (excluding diaryl/α,β-unsaturated/α-hetero) is 1. The SMILES string of the molecule is Brc1ccc2cc(OCc3ccccc3)ccc2c1.C#CC#CC#COc1ccc2c(C(=O)CCCCCC)c(OCCCCCC)ccc2c1.C#CC#CC#COc1ccc2cc(OCCCCCC)ccc2c1.OB(O)c1ccc2cc(OCc3ccccc3)ccc2c1.Oc1ccc2cc(Br)ccc2c1.Oc1ccc2cc(O)ccc2c1.[HH].[HH].[HH].[HH].[HH].[HH].[HH].[HH].[HH].[HH].[HH].[HH]. The molecule has 0 heterocycles. The number of carbonyl (C=O) groups excluding carboxylic acids is 1. The van der Waals surface area contributed by atoms with Gasteiger partial charge in [0.15, 0.2) is 5.78 Å². The van der Waals surface area contributed by atoms with Crippen LogP contribution in [0.4, 0.5) is 0 Å². The number of aromatic hydroxyl groups is 3. The Hall–Kier alpha value is -13.2. The van der Waals surface area contributed by atoms with Crippen LogP contribution in [0.3, 0.4) is 0 Å². The number of rotatable bonds is 27. The van der Waals surface area contributed by atoms with Gasteiger partial charge in [0.25, 0.3) is 0 Å². The lowest BCUT2D eigenvalue weighted by atomic mass is 9.79. The molecule has 0 radical (unpaired) electrons. The highest BCUT2D eigenvalue weighted by Gasteiger charge is 2.18.